The molecule has 0 amide bonds. The third kappa shape index (κ3) is 5.33. The summed E-state index contributed by atoms with van der Waals surface area (Å²) in [6.07, 6.45) is 3.19. The first kappa shape index (κ1) is 23.4. The van der Waals surface area contributed by atoms with Crippen molar-refractivity contribution >= 4 is 17.0 Å². The normalized spacial score (nSPS) is 18.7. The first-order chi connectivity index (χ1) is 17.2. The van der Waals surface area contributed by atoms with Gasteiger partial charge in [0.25, 0.3) is 0 Å². The van der Waals surface area contributed by atoms with E-state index in [4.69, 9.17) is 9.84 Å². The lowest BCUT2D eigenvalue weighted by Crippen LogP contribution is -2.46. The van der Waals surface area contributed by atoms with Gasteiger partial charge in [-0.2, -0.15) is 0 Å². The zero-order valence-electron chi connectivity index (χ0n) is 19.5. The number of imidazole rings is 1. The third-order valence-corrected chi connectivity index (χ3v) is 6.19. The Kier molecular flexibility index (Phi) is 7.29. The Hall–Kier alpha value is -3.37. The van der Waals surface area contributed by atoms with Crippen LogP contribution >= 0.6 is 0 Å². The van der Waals surface area contributed by atoms with Gasteiger partial charge in [-0.05, 0) is 23.1 Å². The molecule has 182 valence electrons. The van der Waals surface area contributed by atoms with Crippen LogP contribution in [0.2, 0.25) is 0 Å². The van der Waals surface area contributed by atoms with Gasteiger partial charge in [0.15, 0.2) is 17.0 Å². The number of hydrogen-bond donors (Lipinski definition) is 3. The first-order valence-electron chi connectivity index (χ1n) is 11.9. The van der Waals surface area contributed by atoms with E-state index in [1.165, 1.54) is 23.0 Å². The summed E-state index contributed by atoms with van der Waals surface area (Å²) in [7, 11) is 0. The highest BCUT2D eigenvalue weighted by molar-refractivity contribution is 5.82. The Bertz CT molecular complexity index is 1230. The third-order valence-electron chi connectivity index (χ3n) is 6.19. The van der Waals surface area contributed by atoms with Crippen molar-refractivity contribution in [3.05, 3.63) is 72.8 Å². The maximum atomic E-state index is 9.90. The zero-order valence-corrected chi connectivity index (χ0v) is 19.5. The number of nitrogens with zero attached hydrogens (tertiary/aromatic N) is 5. The van der Waals surface area contributed by atoms with Crippen LogP contribution in [0.1, 0.15) is 18.2 Å². The van der Waals surface area contributed by atoms with Crippen LogP contribution in [0.25, 0.3) is 22.3 Å². The smallest absolute Gasteiger partial charge is 0.167 e. The number of morpholine rings is 1. The second-order valence-electron chi connectivity index (χ2n) is 8.70. The SMILES string of the molecule is OCCCNc1ncnc2c1ncn2[C@H]1CN(Cc2ccc(-c3ccccc3)cc2)C[C@@H](CO)O1. The standard InChI is InChI=1S/C26H30N6O3/c33-12-4-11-27-25-24-26(29-17-28-25)32(18-30-24)23-15-31(14-22(16-34)35-23)13-19-7-9-21(10-8-19)20-5-2-1-3-6-20/h1-3,5-10,17-18,22-23,33-34H,4,11-16H2,(H,27,28,29)/t22-,23+/m0/s1. The van der Waals surface area contributed by atoms with E-state index in [1.54, 1.807) is 6.33 Å². The topological polar surface area (TPSA) is 109 Å². The summed E-state index contributed by atoms with van der Waals surface area (Å²) >= 11 is 0. The van der Waals surface area contributed by atoms with Crippen LogP contribution in [0.5, 0.6) is 0 Å². The minimum Gasteiger partial charge on any atom is -0.396 e. The molecule has 2 aromatic heterocycles. The molecule has 2 atom stereocenters. The van der Waals surface area contributed by atoms with Crippen LogP contribution < -0.4 is 5.32 Å². The molecule has 0 unspecified atom stereocenters. The predicted octanol–water partition coefficient (Wildman–Crippen LogP) is 2.68. The monoisotopic (exact) mass is 474 g/mol. The number of aliphatic hydroxyl groups is 2. The van der Waals surface area contributed by atoms with Crippen molar-refractivity contribution < 1.29 is 14.9 Å². The van der Waals surface area contributed by atoms with Crippen LogP contribution in [-0.2, 0) is 11.3 Å². The molecule has 1 aliphatic heterocycles. The van der Waals surface area contributed by atoms with Gasteiger partial charge >= 0.3 is 0 Å². The van der Waals surface area contributed by atoms with E-state index in [0.717, 1.165) is 6.54 Å². The molecule has 5 rings (SSSR count). The van der Waals surface area contributed by atoms with Crippen molar-refractivity contribution in [1.29, 1.82) is 0 Å². The number of benzene rings is 2. The average Bonchev–Trinajstić information content (AvgIpc) is 3.35. The van der Waals surface area contributed by atoms with Gasteiger partial charge in [-0.15, -0.1) is 0 Å². The Balaban J connectivity index is 1.32. The minimum absolute atomic E-state index is 0.0600. The lowest BCUT2D eigenvalue weighted by atomic mass is 10.0. The molecular weight excluding hydrogens is 444 g/mol. The molecule has 3 N–H and O–H groups in total. The number of ether oxygens (including phenoxy) is 1. The van der Waals surface area contributed by atoms with E-state index in [2.05, 4.69) is 61.6 Å². The number of aliphatic hydroxyl groups excluding tert-OH is 2. The molecular formula is C26H30N6O3. The number of aromatic nitrogens is 4. The summed E-state index contributed by atoms with van der Waals surface area (Å²) in [5.74, 6) is 0.632. The molecule has 0 saturated carbocycles. The Morgan fingerprint density at radius 1 is 0.943 bits per heavy atom. The molecule has 3 heterocycles. The van der Waals surface area contributed by atoms with Crippen molar-refractivity contribution in [2.24, 2.45) is 0 Å². The van der Waals surface area contributed by atoms with Gasteiger partial charge in [0, 0.05) is 32.8 Å². The molecule has 1 saturated heterocycles. The molecule has 1 fully saturated rings. The molecule has 1 aliphatic rings. The fourth-order valence-electron chi connectivity index (χ4n) is 4.44. The second kappa shape index (κ2) is 10.9. The summed E-state index contributed by atoms with van der Waals surface area (Å²) in [4.78, 5) is 15.6. The maximum absolute atomic E-state index is 9.90. The average molecular weight is 475 g/mol. The van der Waals surface area contributed by atoms with Crippen molar-refractivity contribution in [3.63, 3.8) is 0 Å². The second-order valence-corrected chi connectivity index (χ2v) is 8.70. The highest BCUT2D eigenvalue weighted by Crippen LogP contribution is 2.27. The summed E-state index contributed by atoms with van der Waals surface area (Å²) in [6.45, 7) is 2.68. The van der Waals surface area contributed by atoms with Crippen molar-refractivity contribution in [3.8, 4) is 11.1 Å². The number of rotatable bonds is 9. The highest BCUT2D eigenvalue weighted by Gasteiger charge is 2.30. The largest absolute Gasteiger partial charge is 0.396 e. The lowest BCUT2D eigenvalue weighted by Gasteiger charge is -2.38. The van der Waals surface area contributed by atoms with Gasteiger partial charge in [-0.1, -0.05) is 54.6 Å². The number of nitrogens with one attached hydrogen (secondary N) is 1. The Morgan fingerprint density at radius 2 is 1.74 bits per heavy atom. The fraction of sp³-hybridized carbons (Fsp3) is 0.346. The molecule has 35 heavy (non-hydrogen) atoms. The molecule has 0 spiro atoms. The molecule has 4 aromatic rings. The van der Waals surface area contributed by atoms with E-state index in [9.17, 15) is 5.11 Å². The summed E-state index contributed by atoms with van der Waals surface area (Å²) < 4.78 is 8.09. The molecule has 2 aromatic carbocycles. The van der Waals surface area contributed by atoms with Crippen LogP contribution in [-0.4, -0.2) is 73.6 Å². The van der Waals surface area contributed by atoms with Crippen LogP contribution in [0.15, 0.2) is 67.3 Å². The van der Waals surface area contributed by atoms with E-state index in [-0.39, 0.29) is 25.5 Å². The van der Waals surface area contributed by atoms with Crippen molar-refractivity contribution in [2.45, 2.75) is 25.3 Å². The molecule has 0 aliphatic carbocycles. The van der Waals surface area contributed by atoms with Gasteiger partial charge in [0.05, 0.1) is 19.0 Å². The molecule has 0 radical (unpaired) electrons. The number of fused-ring (bicyclic) bond motifs is 1. The number of anilines is 1. The van der Waals surface area contributed by atoms with E-state index in [1.807, 2.05) is 22.8 Å². The van der Waals surface area contributed by atoms with Gasteiger partial charge in [0.1, 0.15) is 12.6 Å². The van der Waals surface area contributed by atoms with E-state index >= 15 is 0 Å². The van der Waals surface area contributed by atoms with Crippen LogP contribution in [0.4, 0.5) is 5.82 Å². The summed E-state index contributed by atoms with van der Waals surface area (Å²) in [5, 5.41) is 22.1. The molecule has 9 nitrogen and oxygen atoms in total. The maximum Gasteiger partial charge on any atom is 0.167 e. The van der Waals surface area contributed by atoms with Gasteiger partial charge < -0.3 is 20.3 Å². The van der Waals surface area contributed by atoms with E-state index in [0.29, 0.717) is 43.0 Å². The predicted molar refractivity (Wildman–Crippen MR) is 134 cm³/mol. The summed E-state index contributed by atoms with van der Waals surface area (Å²) in [6, 6.07) is 19.0. The van der Waals surface area contributed by atoms with Crippen molar-refractivity contribution in [1.82, 2.24) is 24.4 Å². The van der Waals surface area contributed by atoms with Crippen molar-refractivity contribution in [2.75, 3.05) is 38.2 Å². The first-order valence-corrected chi connectivity index (χ1v) is 11.9. The Labute approximate surface area is 204 Å². The van der Waals surface area contributed by atoms with Gasteiger partial charge in [-0.25, -0.2) is 15.0 Å². The quantitative estimate of drug-likeness (QED) is 0.318. The van der Waals surface area contributed by atoms with E-state index < -0.39 is 0 Å². The fourth-order valence-corrected chi connectivity index (χ4v) is 4.44. The molecule has 0 bridgehead atoms. The van der Waals surface area contributed by atoms with Crippen LogP contribution in [0, 0.1) is 0 Å². The minimum atomic E-state index is -0.338. The molecule has 9 heteroatoms. The summed E-state index contributed by atoms with van der Waals surface area (Å²) in [5.41, 5.74) is 4.92. The number of hydrogen-bond acceptors (Lipinski definition) is 8. The lowest BCUT2D eigenvalue weighted by molar-refractivity contribution is -0.135. The van der Waals surface area contributed by atoms with Gasteiger partial charge in [-0.3, -0.25) is 9.47 Å². The highest BCUT2D eigenvalue weighted by atomic mass is 16.5. The Morgan fingerprint density at radius 3 is 2.51 bits per heavy atom. The van der Waals surface area contributed by atoms with Crippen LogP contribution in [0.3, 0.4) is 0 Å². The van der Waals surface area contributed by atoms with Gasteiger partial charge in [0.2, 0.25) is 0 Å². The zero-order chi connectivity index (χ0) is 24.0.